The highest BCUT2D eigenvalue weighted by atomic mass is 32.2. The lowest BCUT2D eigenvalue weighted by Gasteiger charge is -2.11. The van der Waals surface area contributed by atoms with Crippen LogP contribution >= 0.6 is 11.8 Å². The van der Waals surface area contributed by atoms with Gasteiger partial charge in [0.25, 0.3) is 0 Å². The first-order valence-electron chi connectivity index (χ1n) is 5.53. The van der Waals surface area contributed by atoms with Crippen LogP contribution in [0.2, 0.25) is 0 Å². The molecule has 0 aliphatic rings. The van der Waals surface area contributed by atoms with Crippen LogP contribution in [-0.4, -0.2) is 18.6 Å². The summed E-state index contributed by atoms with van der Waals surface area (Å²) in [4.78, 5) is 0.207. The maximum atomic E-state index is 12.1. The molecule has 0 spiro atoms. The summed E-state index contributed by atoms with van der Waals surface area (Å²) in [5, 5.41) is 3.11. The predicted octanol–water partition coefficient (Wildman–Crippen LogP) is 4.31. The summed E-state index contributed by atoms with van der Waals surface area (Å²) in [6.07, 6.45) is 1.96. The molecule has 1 atom stereocenters. The molecule has 1 unspecified atom stereocenters. The number of alkyl halides is 3. The average Bonchev–Trinajstić information content (AvgIpc) is 2.28. The van der Waals surface area contributed by atoms with Gasteiger partial charge in [0.2, 0.25) is 0 Å². The third kappa shape index (κ3) is 5.14. The minimum atomic E-state index is -4.23. The minimum Gasteiger partial charge on any atom is -0.314 e. The van der Waals surface area contributed by atoms with Gasteiger partial charge in [-0.05, 0) is 50.4 Å². The first kappa shape index (κ1) is 15.1. The fourth-order valence-corrected chi connectivity index (χ4v) is 1.92. The molecule has 18 heavy (non-hydrogen) atoms. The molecule has 0 bridgehead atoms. The summed E-state index contributed by atoms with van der Waals surface area (Å²) in [5.41, 5.74) is -2.19. The van der Waals surface area contributed by atoms with E-state index in [1.165, 1.54) is 12.1 Å². The summed E-state index contributed by atoms with van der Waals surface area (Å²) in [6.45, 7) is 4.01. The van der Waals surface area contributed by atoms with Crippen LogP contribution in [0.5, 0.6) is 0 Å². The Morgan fingerprint density at radius 1 is 1.28 bits per heavy atom. The summed E-state index contributed by atoms with van der Waals surface area (Å²) < 4.78 is 36.4. The molecule has 0 aromatic heterocycles. The Balaban J connectivity index is 2.77. The van der Waals surface area contributed by atoms with Crippen LogP contribution in [-0.2, 0) is 0 Å². The van der Waals surface area contributed by atoms with E-state index < -0.39 is 5.51 Å². The molecular formula is C13H16F3NS. The number of halogens is 3. The lowest BCUT2D eigenvalue weighted by Crippen LogP contribution is -2.21. The smallest absolute Gasteiger partial charge is 0.314 e. The van der Waals surface area contributed by atoms with Gasteiger partial charge in [0.05, 0.1) is 0 Å². The monoisotopic (exact) mass is 275 g/mol. The van der Waals surface area contributed by atoms with Crippen molar-refractivity contribution in [2.45, 2.75) is 30.3 Å². The van der Waals surface area contributed by atoms with Crippen molar-refractivity contribution in [3.05, 3.63) is 35.4 Å². The molecule has 0 saturated heterocycles. The third-order valence-corrected chi connectivity index (χ3v) is 3.36. The van der Waals surface area contributed by atoms with Gasteiger partial charge in [-0.3, -0.25) is 0 Å². The van der Waals surface area contributed by atoms with Crippen LogP contribution < -0.4 is 5.32 Å². The van der Waals surface area contributed by atoms with E-state index in [0.717, 1.165) is 11.1 Å². The molecule has 5 heteroatoms. The molecule has 0 radical (unpaired) electrons. The van der Waals surface area contributed by atoms with Crippen LogP contribution in [0.4, 0.5) is 13.2 Å². The van der Waals surface area contributed by atoms with Crippen molar-refractivity contribution in [1.29, 1.82) is 0 Å². The lowest BCUT2D eigenvalue weighted by molar-refractivity contribution is -0.0328. The van der Waals surface area contributed by atoms with Crippen LogP contribution in [0.1, 0.15) is 19.4 Å². The molecule has 0 amide bonds. The Kier molecular flexibility index (Phi) is 5.28. The fraction of sp³-hybridized carbons (Fsp3) is 0.385. The van der Waals surface area contributed by atoms with Crippen LogP contribution in [0.25, 0.3) is 6.08 Å². The Hall–Kier alpha value is -0.940. The molecule has 1 rings (SSSR count). The van der Waals surface area contributed by atoms with Gasteiger partial charge in [-0.25, -0.2) is 0 Å². The van der Waals surface area contributed by atoms with Gasteiger partial charge in [0, 0.05) is 10.9 Å². The zero-order valence-corrected chi connectivity index (χ0v) is 11.3. The minimum absolute atomic E-state index is 0.0939. The van der Waals surface area contributed by atoms with Gasteiger partial charge < -0.3 is 5.32 Å². The highest BCUT2D eigenvalue weighted by Crippen LogP contribution is 2.36. The van der Waals surface area contributed by atoms with Gasteiger partial charge >= 0.3 is 5.51 Å². The number of likely N-dealkylation sites (N-methyl/N-ethyl adjacent to an activating group) is 1. The normalized spacial score (nSPS) is 14.7. The second kappa shape index (κ2) is 6.29. The van der Waals surface area contributed by atoms with Gasteiger partial charge in [-0.2, -0.15) is 13.2 Å². The van der Waals surface area contributed by atoms with Crippen molar-refractivity contribution in [2.75, 3.05) is 7.05 Å². The van der Waals surface area contributed by atoms with Crippen molar-refractivity contribution >= 4 is 17.8 Å². The third-order valence-electron chi connectivity index (χ3n) is 2.62. The van der Waals surface area contributed by atoms with E-state index in [1.807, 2.05) is 27.0 Å². The quantitative estimate of drug-likeness (QED) is 0.822. The number of hydrogen-bond donors (Lipinski definition) is 1. The molecule has 0 fully saturated rings. The standard InChI is InChI=1S/C13H16F3NS/c1-9(10(2)17-3)8-11-4-6-12(7-5-11)18-13(14,15)16/h4-8,10,17H,1-3H3/b9-8+. The second-order valence-electron chi connectivity index (χ2n) is 4.02. The molecule has 0 aliphatic heterocycles. The number of rotatable bonds is 4. The van der Waals surface area contributed by atoms with Gasteiger partial charge in [-0.15, -0.1) is 0 Å². The maximum absolute atomic E-state index is 12.1. The van der Waals surface area contributed by atoms with Crippen LogP contribution in [0, 0.1) is 0 Å². The molecule has 1 aromatic carbocycles. The summed E-state index contributed by atoms with van der Waals surface area (Å²) >= 11 is -0.0939. The number of benzene rings is 1. The van der Waals surface area contributed by atoms with E-state index in [0.29, 0.717) is 0 Å². The largest absolute Gasteiger partial charge is 0.446 e. The highest BCUT2D eigenvalue weighted by molar-refractivity contribution is 8.00. The zero-order chi connectivity index (χ0) is 13.8. The van der Waals surface area contributed by atoms with E-state index in [9.17, 15) is 13.2 Å². The first-order valence-corrected chi connectivity index (χ1v) is 6.35. The van der Waals surface area contributed by atoms with Crippen molar-refractivity contribution in [2.24, 2.45) is 0 Å². The van der Waals surface area contributed by atoms with Crippen molar-refractivity contribution < 1.29 is 13.2 Å². The summed E-state index contributed by atoms with van der Waals surface area (Å²) in [7, 11) is 1.87. The SMILES string of the molecule is CNC(C)/C(C)=C/c1ccc(SC(F)(F)F)cc1. The van der Waals surface area contributed by atoms with Gasteiger partial charge in [-0.1, -0.05) is 23.8 Å². The average molecular weight is 275 g/mol. The van der Waals surface area contributed by atoms with Gasteiger partial charge in [0.1, 0.15) is 0 Å². The highest BCUT2D eigenvalue weighted by Gasteiger charge is 2.28. The summed E-state index contributed by atoms with van der Waals surface area (Å²) in [6, 6.07) is 6.61. The number of hydrogen-bond acceptors (Lipinski definition) is 2. The van der Waals surface area contributed by atoms with Crippen molar-refractivity contribution in [3.8, 4) is 0 Å². The van der Waals surface area contributed by atoms with Crippen molar-refractivity contribution in [1.82, 2.24) is 5.32 Å². The Morgan fingerprint density at radius 2 is 1.83 bits per heavy atom. The van der Waals surface area contributed by atoms with E-state index in [4.69, 9.17) is 0 Å². The molecule has 1 N–H and O–H groups in total. The lowest BCUT2D eigenvalue weighted by atomic mass is 10.1. The van der Waals surface area contributed by atoms with E-state index in [-0.39, 0.29) is 22.7 Å². The zero-order valence-electron chi connectivity index (χ0n) is 10.5. The fourth-order valence-electron chi connectivity index (χ4n) is 1.38. The van der Waals surface area contributed by atoms with Gasteiger partial charge in [0.15, 0.2) is 0 Å². The Morgan fingerprint density at radius 3 is 2.28 bits per heavy atom. The van der Waals surface area contributed by atoms with Crippen LogP contribution in [0.15, 0.2) is 34.7 Å². The van der Waals surface area contributed by atoms with Crippen LogP contribution in [0.3, 0.4) is 0 Å². The first-order chi connectivity index (χ1) is 8.31. The van der Waals surface area contributed by atoms with Crippen molar-refractivity contribution in [3.63, 3.8) is 0 Å². The van der Waals surface area contributed by atoms with E-state index in [1.54, 1.807) is 12.1 Å². The molecule has 0 saturated carbocycles. The summed E-state index contributed by atoms with van der Waals surface area (Å²) in [5.74, 6) is 0. The molecule has 0 heterocycles. The van der Waals surface area contributed by atoms with E-state index >= 15 is 0 Å². The predicted molar refractivity (Wildman–Crippen MR) is 70.5 cm³/mol. The number of thioether (sulfide) groups is 1. The topological polar surface area (TPSA) is 12.0 Å². The molecule has 0 aliphatic carbocycles. The number of nitrogens with one attached hydrogen (secondary N) is 1. The second-order valence-corrected chi connectivity index (χ2v) is 5.15. The van der Waals surface area contributed by atoms with E-state index in [2.05, 4.69) is 5.32 Å². The molecule has 1 aromatic rings. The Labute approximate surface area is 109 Å². The molecule has 1 nitrogen and oxygen atoms in total. The molecule has 100 valence electrons. The Bertz CT molecular complexity index is 409. The maximum Gasteiger partial charge on any atom is 0.446 e. The molecular weight excluding hydrogens is 259 g/mol.